The summed E-state index contributed by atoms with van der Waals surface area (Å²) in [5, 5.41) is 19.8. The molecular weight excluding hydrogens is 242 g/mol. The molecule has 1 heterocycles. The highest BCUT2D eigenvalue weighted by atomic mass is 16.5. The second kappa shape index (κ2) is 6.52. The first kappa shape index (κ1) is 13.1. The molecule has 19 heavy (non-hydrogen) atoms. The average molecular weight is 257 g/mol. The molecule has 0 aliphatic rings. The normalized spacial score (nSPS) is 10.1. The Morgan fingerprint density at radius 2 is 2.37 bits per heavy atom. The van der Waals surface area contributed by atoms with Crippen molar-refractivity contribution in [3.63, 3.8) is 0 Å². The van der Waals surface area contributed by atoms with E-state index in [0.29, 0.717) is 11.3 Å². The van der Waals surface area contributed by atoms with Crippen molar-refractivity contribution in [2.45, 2.75) is 13.1 Å². The van der Waals surface area contributed by atoms with E-state index in [9.17, 15) is 0 Å². The molecule has 0 aliphatic heterocycles. The maximum Gasteiger partial charge on any atom is 0.136 e. The van der Waals surface area contributed by atoms with Crippen molar-refractivity contribution in [1.82, 2.24) is 20.3 Å². The summed E-state index contributed by atoms with van der Waals surface area (Å²) in [7, 11) is 1.57. The van der Waals surface area contributed by atoms with Gasteiger partial charge in [0.2, 0.25) is 0 Å². The molecular formula is C13H15N5O. The highest BCUT2D eigenvalue weighted by Gasteiger charge is 2.03. The Morgan fingerprint density at radius 3 is 3.05 bits per heavy atom. The number of nitrogens with zero attached hydrogens (tertiary/aromatic N) is 4. The zero-order valence-corrected chi connectivity index (χ0v) is 10.7. The molecule has 1 N–H and O–H groups in total. The smallest absolute Gasteiger partial charge is 0.136 e. The molecule has 1 aromatic heterocycles. The maximum atomic E-state index is 8.90. The summed E-state index contributed by atoms with van der Waals surface area (Å²) >= 11 is 0. The minimum absolute atomic E-state index is 0.550. The van der Waals surface area contributed by atoms with E-state index in [4.69, 9.17) is 10.00 Å². The standard InChI is InChI=1S/C13H15N5O/c1-19-13-8-11(2-3-12(13)9-14)10-15-4-6-18-7-5-16-17-18/h2-3,5,7-8,15H,4,6,10H2,1H3. The molecule has 98 valence electrons. The van der Waals surface area contributed by atoms with Gasteiger partial charge in [-0.15, -0.1) is 5.10 Å². The van der Waals surface area contributed by atoms with E-state index in [0.717, 1.165) is 25.2 Å². The van der Waals surface area contributed by atoms with Crippen LogP contribution in [0.1, 0.15) is 11.1 Å². The molecule has 0 saturated carbocycles. The van der Waals surface area contributed by atoms with Crippen LogP contribution in [0.25, 0.3) is 0 Å². The van der Waals surface area contributed by atoms with Crippen molar-refractivity contribution in [3.05, 3.63) is 41.7 Å². The topological polar surface area (TPSA) is 75.8 Å². The zero-order chi connectivity index (χ0) is 13.5. The molecule has 0 atom stereocenters. The Labute approximate surface area is 111 Å². The van der Waals surface area contributed by atoms with E-state index >= 15 is 0 Å². The highest BCUT2D eigenvalue weighted by molar-refractivity contribution is 5.45. The van der Waals surface area contributed by atoms with Crippen molar-refractivity contribution >= 4 is 0 Å². The Bertz CT molecular complexity index is 559. The zero-order valence-electron chi connectivity index (χ0n) is 10.7. The highest BCUT2D eigenvalue weighted by Crippen LogP contribution is 2.18. The molecule has 6 nitrogen and oxygen atoms in total. The van der Waals surface area contributed by atoms with Crippen LogP contribution in [0.3, 0.4) is 0 Å². The van der Waals surface area contributed by atoms with Crippen LogP contribution in [-0.4, -0.2) is 28.6 Å². The molecule has 0 amide bonds. The minimum Gasteiger partial charge on any atom is -0.495 e. The fourth-order valence-corrected chi connectivity index (χ4v) is 1.72. The Kier molecular flexibility index (Phi) is 4.48. The predicted molar refractivity (Wildman–Crippen MR) is 69.4 cm³/mol. The number of aromatic nitrogens is 3. The van der Waals surface area contributed by atoms with E-state index in [1.54, 1.807) is 24.1 Å². The van der Waals surface area contributed by atoms with Crippen LogP contribution in [0.15, 0.2) is 30.6 Å². The van der Waals surface area contributed by atoms with Gasteiger partial charge in [0.25, 0.3) is 0 Å². The first-order valence-corrected chi connectivity index (χ1v) is 5.95. The molecule has 1 aromatic carbocycles. The summed E-state index contributed by atoms with van der Waals surface area (Å²) in [6, 6.07) is 7.66. The number of nitrogens with one attached hydrogen (secondary N) is 1. The van der Waals surface area contributed by atoms with Crippen LogP contribution < -0.4 is 10.1 Å². The van der Waals surface area contributed by atoms with Gasteiger partial charge in [-0.1, -0.05) is 11.3 Å². The van der Waals surface area contributed by atoms with Gasteiger partial charge < -0.3 is 10.1 Å². The largest absolute Gasteiger partial charge is 0.495 e. The molecule has 2 aromatic rings. The van der Waals surface area contributed by atoms with Crippen molar-refractivity contribution in [2.24, 2.45) is 0 Å². The van der Waals surface area contributed by atoms with Gasteiger partial charge in [0.15, 0.2) is 0 Å². The van der Waals surface area contributed by atoms with Crippen molar-refractivity contribution < 1.29 is 4.74 Å². The SMILES string of the molecule is COc1cc(CNCCn2ccnn2)ccc1C#N. The summed E-state index contributed by atoms with van der Waals surface area (Å²) in [5.41, 5.74) is 1.63. The van der Waals surface area contributed by atoms with Crippen molar-refractivity contribution in [3.8, 4) is 11.8 Å². The number of rotatable bonds is 6. The molecule has 0 aliphatic carbocycles. The van der Waals surface area contributed by atoms with Gasteiger partial charge in [-0.3, -0.25) is 4.68 Å². The molecule has 0 radical (unpaired) electrons. The first-order chi connectivity index (χ1) is 9.33. The number of benzene rings is 1. The van der Waals surface area contributed by atoms with Crippen LogP contribution in [0.4, 0.5) is 0 Å². The lowest BCUT2D eigenvalue weighted by Crippen LogP contribution is -2.19. The monoisotopic (exact) mass is 257 g/mol. The number of nitriles is 1. The molecule has 0 fully saturated rings. The lowest BCUT2D eigenvalue weighted by molar-refractivity contribution is 0.412. The van der Waals surface area contributed by atoms with Crippen LogP contribution in [0.5, 0.6) is 5.75 Å². The fourth-order valence-electron chi connectivity index (χ4n) is 1.72. The fraction of sp³-hybridized carbons (Fsp3) is 0.308. The molecule has 0 unspecified atom stereocenters. The first-order valence-electron chi connectivity index (χ1n) is 5.95. The second-order valence-electron chi connectivity index (χ2n) is 3.99. The third-order valence-electron chi connectivity index (χ3n) is 2.71. The third-order valence-corrected chi connectivity index (χ3v) is 2.71. The average Bonchev–Trinajstić information content (AvgIpc) is 2.96. The quantitative estimate of drug-likeness (QED) is 0.780. The molecule has 2 rings (SSSR count). The second-order valence-corrected chi connectivity index (χ2v) is 3.99. The number of hydrogen-bond acceptors (Lipinski definition) is 5. The number of methoxy groups -OCH3 is 1. The Balaban J connectivity index is 1.84. The Hall–Kier alpha value is -2.39. The van der Waals surface area contributed by atoms with Crippen LogP contribution in [-0.2, 0) is 13.1 Å². The van der Waals surface area contributed by atoms with Crippen molar-refractivity contribution in [2.75, 3.05) is 13.7 Å². The summed E-state index contributed by atoms with van der Waals surface area (Å²) in [5.74, 6) is 0.609. The van der Waals surface area contributed by atoms with Gasteiger partial charge in [-0.2, -0.15) is 5.26 Å². The maximum absolute atomic E-state index is 8.90. The van der Waals surface area contributed by atoms with E-state index < -0.39 is 0 Å². The van der Waals surface area contributed by atoms with Gasteiger partial charge in [0, 0.05) is 19.3 Å². The van der Waals surface area contributed by atoms with Gasteiger partial charge in [0.1, 0.15) is 11.8 Å². The van der Waals surface area contributed by atoms with Crippen LogP contribution in [0, 0.1) is 11.3 Å². The third kappa shape index (κ3) is 3.53. The summed E-state index contributed by atoms with van der Waals surface area (Å²) in [6.07, 6.45) is 3.48. The Morgan fingerprint density at radius 1 is 1.47 bits per heavy atom. The van der Waals surface area contributed by atoms with E-state index in [-0.39, 0.29) is 0 Å². The lowest BCUT2D eigenvalue weighted by Gasteiger charge is -2.08. The van der Waals surface area contributed by atoms with Gasteiger partial charge in [0.05, 0.1) is 25.4 Å². The van der Waals surface area contributed by atoms with E-state index in [1.165, 1.54) is 0 Å². The summed E-state index contributed by atoms with van der Waals surface area (Å²) < 4.78 is 6.94. The molecule has 0 bridgehead atoms. The minimum atomic E-state index is 0.550. The predicted octanol–water partition coefficient (Wildman–Crippen LogP) is 0.948. The molecule has 0 spiro atoms. The van der Waals surface area contributed by atoms with Gasteiger partial charge in [-0.25, -0.2) is 0 Å². The van der Waals surface area contributed by atoms with Crippen LogP contribution >= 0.6 is 0 Å². The van der Waals surface area contributed by atoms with Gasteiger partial charge in [-0.05, 0) is 17.7 Å². The van der Waals surface area contributed by atoms with Gasteiger partial charge >= 0.3 is 0 Å². The number of hydrogen-bond donors (Lipinski definition) is 1. The number of ether oxygens (including phenoxy) is 1. The summed E-state index contributed by atoms with van der Waals surface area (Å²) in [6.45, 7) is 2.29. The van der Waals surface area contributed by atoms with E-state index in [2.05, 4.69) is 21.7 Å². The molecule has 6 heteroatoms. The lowest BCUT2D eigenvalue weighted by atomic mass is 10.1. The van der Waals surface area contributed by atoms with E-state index in [1.807, 2.05) is 18.3 Å². The molecule has 0 saturated heterocycles. The summed E-state index contributed by atoms with van der Waals surface area (Å²) in [4.78, 5) is 0. The van der Waals surface area contributed by atoms with Crippen LogP contribution in [0.2, 0.25) is 0 Å². The van der Waals surface area contributed by atoms with Crippen molar-refractivity contribution in [1.29, 1.82) is 5.26 Å².